The molecule has 33 heavy (non-hydrogen) atoms. The normalized spacial score (nSPS) is 9.55. The van der Waals surface area contributed by atoms with E-state index in [9.17, 15) is 14.4 Å². The van der Waals surface area contributed by atoms with Gasteiger partial charge >= 0.3 is 28.2 Å². The van der Waals surface area contributed by atoms with E-state index in [1.165, 1.54) is 12.3 Å². The first-order chi connectivity index (χ1) is 14.8. The van der Waals surface area contributed by atoms with E-state index in [-0.39, 0.29) is 30.7 Å². The quantitative estimate of drug-likeness (QED) is 0.363. The number of carbonyl (C=O) groups is 3. The molecule has 3 aromatic rings. The van der Waals surface area contributed by atoms with Crippen molar-refractivity contribution < 1.29 is 33.2 Å². The maximum absolute atomic E-state index is 12.6. The zero-order chi connectivity index (χ0) is 23.1. The van der Waals surface area contributed by atoms with Crippen molar-refractivity contribution in [3.8, 4) is 0 Å². The summed E-state index contributed by atoms with van der Waals surface area (Å²) in [6, 6.07) is 3.07. The molecule has 0 unspecified atom stereocenters. The second-order valence-electron chi connectivity index (χ2n) is 6.40. The Morgan fingerprint density at radius 2 is 1.39 bits per heavy atom. The summed E-state index contributed by atoms with van der Waals surface area (Å²) in [4.78, 5) is 40.8. The fourth-order valence-corrected chi connectivity index (χ4v) is 2.85. The molecule has 15 heteroatoms. The van der Waals surface area contributed by atoms with Crippen molar-refractivity contribution in [2.45, 2.75) is 0 Å². The number of rotatable bonds is 6. The first-order valence-corrected chi connectivity index (χ1v) is 11.6. The summed E-state index contributed by atoms with van der Waals surface area (Å²) in [6.07, 6.45) is 6.41. The number of halogens is 1. The fraction of sp³-hybridized carbons (Fsp3) is 0.222. The van der Waals surface area contributed by atoms with Crippen molar-refractivity contribution in [3.63, 3.8) is 0 Å². The Bertz CT molecular complexity index is 1090. The molecule has 0 aliphatic heterocycles. The average molecular weight is 660 g/mol. The summed E-state index contributed by atoms with van der Waals surface area (Å²) in [7, 11) is 9.68. The zero-order valence-corrected chi connectivity index (χ0v) is 21.1. The number of aryl methyl sites for hydroxylation is 3. The van der Waals surface area contributed by atoms with Crippen LogP contribution in [0.3, 0.4) is 0 Å². The molecule has 0 aliphatic rings. The van der Waals surface area contributed by atoms with E-state index in [4.69, 9.17) is 5.73 Å². The van der Waals surface area contributed by atoms with Crippen LogP contribution in [0.1, 0.15) is 31.6 Å². The van der Waals surface area contributed by atoms with Crippen LogP contribution >= 0.6 is 9.42 Å². The number of carbonyl (C=O) groups excluding carboxylic acids is 3. The van der Waals surface area contributed by atoms with E-state index >= 15 is 0 Å². The molecule has 0 bridgehead atoms. The van der Waals surface area contributed by atoms with E-state index in [2.05, 4.69) is 30.4 Å². The minimum Gasteiger partial charge on any atom is -0.693 e. The number of imidazole rings is 1. The number of amides is 3. The van der Waals surface area contributed by atoms with Gasteiger partial charge in [0, 0.05) is 45.9 Å². The largest absolute Gasteiger partial charge is 0.693 e. The topological polar surface area (TPSA) is 206 Å². The minimum absolute atomic E-state index is 0. The fourth-order valence-electron chi connectivity index (χ4n) is 2.85. The number of nitrogens with zero attached hydrogens (tertiary/aromatic N) is 4. The van der Waals surface area contributed by atoms with Gasteiger partial charge in [-0.1, -0.05) is 6.67 Å². The maximum atomic E-state index is 12.6. The Balaban J connectivity index is 0.00000249. The van der Waals surface area contributed by atoms with Crippen molar-refractivity contribution in [2.75, 3.05) is 17.3 Å². The molecule has 0 saturated carbocycles. The van der Waals surface area contributed by atoms with E-state index in [0.717, 1.165) is 0 Å². The van der Waals surface area contributed by atoms with Crippen LogP contribution in [0, 0.1) is 0 Å². The van der Waals surface area contributed by atoms with Crippen LogP contribution in [0.4, 0.5) is 11.4 Å². The van der Waals surface area contributed by atoms with Crippen LogP contribution in [0.25, 0.3) is 18.0 Å². The molecule has 0 spiro atoms. The summed E-state index contributed by atoms with van der Waals surface area (Å²) in [5, 5.41) is 7.82. The molecule has 0 saturated heterocycles. The van der Waals surface area contributed by atoms with Gasteiger partial charge in [-0.3, -0.25) is 14.4 Å². The third-order valence-corrected chi connectivity index (χ3v) is 4.26. The van der Waals surface area contributed by atoms with Gasteiger partial charge < -0.3 is 47.7 Å². The van der Waals surface area contributed by atoms with Crippen LogP contribution in [-0.2, 0) is 39.9 Å². The molecule has 3 heterocycles. The summed E-state index contributed by atoms with van der Waals surface area (Å²) in [6.45, 7) is -0.234. The Morgan fingerprint density at radius 3 is 1.85 bits per heavy atom. The van der Waals surface area contributed by atoms with Crippen molar-refractivity contribution in [3.05, 3.63) is 72.2 Å². The van der Waals surface area contributed by atoms with E-state index in [0.29, 0.717) is 22.8 Å². The van der Waals surface area contributed by atoms with Crippen LogP contribution in [0.15, 0.2) is 36.9 Å². The molecular weight excluding hydrogens is 635 g/mol. The number of hydrogen-bond donors (Lipinski definition) is 3. The monoisotopic (exact) mass is 659 g/mol. The molecule has 185 valence electrons. The number of aromatic nitrogens is 4. The van der Waals surface area contributed by atoms with Crippen LogP contribution < -0.4 is 16.0 Å². The number of nitrogens with one attached hydrogen (secondary N) is 4. The Kier molecular flexibility index (Phi) is 12.3. The van der Waals surface area contributed by atoms with E-state index in [1.807, 2.05) is 0 Å². The molecule has 0 radical (unpaired) electrons. The van der Waals surface area contributed by atoms with Crippen LogP contribution in [-0.4, -0.2) is 43.1 Å². The molecule has 13 nitrogen and oxygen atoms in total. The zero-order valence-electron chi connectivity index (χ0n) is 18.0. The van der Waals surface area contributed by atoms with Gasteiger partial charge in [0.05, 0.1) is 11.4 Å². The summed E-state index contributed by atoms with van der Waals surface area (Å²) in [5.41, 5.74) is 8.60. The van der Waals surface area contributed by atoms with Crippen LogP contribution in [0.2, 0.25) is 0 Å². The first kappa shape index (κ1) is 30.0. The van der Waals surface area contributed by atoms with Gasteiger partial charge in [0.25, 0.3) is 17.7 Å². The molecule has 0 atom stereocenters. The van der Waals surface area contributed by atoms with Gasteiger partial charge in [0.15, 0.2) is 5.82 Å². The summed E-state index contributed by atoms with van der Waals surface area (Å²) >= 11 is 1.61. The standard InChI is InChI=1S/C18H21N8O3.ClH.2H2N.Pt/c1-24-5-4-20-15(24)18(29)23-12-7-14(26(3)9-12)17(28)22-11-6-13(25(2)8-11)16(27)21-10-19;;;;/h4-9,19H,10H2,1-3H3,(H,21,27)(H,22,28)(H,23,29);1H;2*1H2;/q-1;;2*-1;+1/p-1. The molecule has 3 amide bonds. The van der Waals surface area contributed by atoms with Gasteiger partial charge in [-0.2, -0.15) is 0 Å². The number of hydrogen-bond acceptors (Lipinski definition) is 4. The predicted molar refractivity (Wildman–Crippen MR) is 123 cm³/mol. The Labute approximate surface area is 206 Å². The summed E-state index contributed by atoms with van der Waals surface area (Å²) < 4.78 is 4.74. The van der Waals surface area contributed by atoms with E-state index < -0.39 is 11.8 Å². The third-order valence-electron chi connectivity index (χ3n) is 4.26. The van der Waals surface area contributed by atoms with Crippen molar-refractivity contribution in [2.24, 2.45) is 21.1 Å². The number of anilines is 2. The second kappa shape index (κ2) is 13.6. The predicted octanol–water partition coefficient (Wildman–Crippen LogP) is 3.46. The van der Waals surface area contributed by atoms with Crippen molar-refractivity contribution >= 4 is 38.5 Å². The first-order valence-electron chi connectivity index (χ1n) is 8.77. The van der Waals surface area contributed by atoms with Gasteiger partial charge in [-0.05, 0) is 12.1 Å². The molecular formula is C18H25ClN10O3Pt-3. The van der Waals surface area contributed by atoms with Gasteiger partial charge in [0.1, 0.15) is 11.4 Å². The molecule has 3 rings (SSSR count). The summed E-state index contributed by atoms with van der Waals surface area (Å²) in [5.74, 6) is -0.935. The minimum atomic E-state index is -0.402. The second-order valence-corrected chi connectivity index (χ2v) is 6.40. The Morgan fingerprint density at radius 1 is 0.909 bits per heavy atom. The van der Waals surface area contributed by atoms with Gasteiger partial charge in [-0.15, -0.1) is 0 Å². The van der Waals surface area contributed by atoms with E-state index in [1.54, 1.807) is 78.3 Å². The Hall–Kier alpha value is -2.96. The average Bonchev–Trinajstić information content (AvgIpc) is 3.42. The molecule has 8 N–H and O–H groups in total. The van der Waals surface area contributed by atoms with Crippen molar-refractivity contribution in [1.29, 1.82) is 0 Å². The number of nitrogens with two attached hydrogens (primary N) is 2. The molecule has 0 fully saturated rings. The SMILES string of the molecule is Cn1cc(NC(=O)c2cc(NC(=O)c3nccn3C)cn2C)cc1C(=O)NC[NH-].[Cl][Pt].[NH2-].[NH2-]. The third kappa shape index (κ3) is 7.27. The molecule has 0 aromatic carbocycles. The van der Waals surface area contributed by atoms with Gasteiger partial charge in [0.2, 0.25) is 0 Å². The van der Waals surface area contributed by atoms with Crippen LogP contribution in [0.5, 0.6) is 0 Å². The molecule has 3 aromatic heterocycles. The smallest absolute Gasteiger partial charge is 0.693 e. The van der Waals surface area contributed by atoms with Crippen molar-refractivity contribution in [1.82, 2.24) is 24.0 Å². The van der Waals surface area contributed by atoms with Gasteiger partial charge in [-0.25, -0.2) is 4.98 Å². The molecule has 0 aliphatic carbocycles. The maximum Gasteiger partial charge on any atom is -0.693 e.